The molecule has 0 atom stereocenters. The fourth-order valence-electron chi connectivity index (χ4n) is 3.62. The van der Waals surface area contributed by atoms with E-state index in [0.717, 1.165) is 12.1 Å². The highest BCUT2D eigenvalue weighted by Crippen LogP contribution is 2.39. The highest BCUT2D eigenvalue weighted by molar-refractivity contribution is 7.92. The first-order chi connectivity index (χ1) is 13.9. The van der Waals surface area contributed by atoms with Crippen molar-refractivity contribution in [2.45, 2.75) is 48.9 Å². The van der Waals surface area contributed by atoms with Crippen LogP contribution >= 0.6 is 0 Å². The Morgan fingerprint density at radius 1 is 1.07 bits per heavy atom. The van der Waals surface area contributed by atoms with Crippen LogP contribution in [-0.2, 0) is 16.0 Å². The summed E-state index contributed by atoms with van der Waals surface area (Å²) >= 11 is 0. The van der Waals surface area contributed by atoms with Crippen molar-refractivity contribution in [3.05, 3.63) is 64.7 Å². The summed E-state index contributed by atoms with van der Waals surface area (Å²) in [7, 11) is -3.69. The average molecular weight is 446 g/mol. The lowest BCUT2D eigenvalue weighted by Crippen LogP contribution is -2.36. The van der Waals surface area contributed by atoms with Gasteiger partial charge >= 0.3 is 6.18 Å². The first kappa shape index (κ1) is 22.4. The number of halogens is 5. The van der Waals surface area contributed by atoms with Gasteiger partial charge in [0, 0.05) is 12.0 Å². The lowest BCUT2D eigenvalue weighted by atomic mass is 9.80. The van der Waals surface area contributed by atoms with E-state index in [4.69, 9.17) is 0 Å². The smallest absolute Gasteiger partial charge is 0.294 e. The van der Waals surface area contributed by atoms with Crippen molar-refractivity contribution in [2.75, 3.05) is 0 Å². The third-order valence-electron chi connectivity index (χ3n) is 5.35. The molecule has 162 valence electrons. The molecule has 0 heterocycles. The molecule has 1 fully saturated rings. The van der Waals surface area contributed by atoms with Crippen molar-refractivity contribution in [3.8, 4) is 0 Å². The van der Waals surface area contributed by atoms with Gasteiger partial charge in [-0.25, -0.2) is 17.2 Å². The maximum Gasteiger partial charge on any atom is 0.419 e. The summed E-state index contributed by atoms with van der Waals surface area (Å²) in [5.41, 5.74) is -1.23. The standard InChI is InChI=1S/C21H19F5O3S/c1-12-6-15(22)11-16(7-12)30(28,29)17-8-13(9-17)2-5-20(27)14-3-4-19(23)18(10-14)21(24,25)26/h3-4,6-7,10-11,13,17H,2,5,8-9H2,1H3. The van der Waals surface area contributed by atoms with Crippen LogP contribution in [0, 0.1) is 24.5 Å². The molecule has 2 aromatic carbocycles. The summed E-state index contributed by atoms with van der Waals surface area (Å²) in [6, 6.07) is 5.73. The Balaban J connectivity index is 1.59. The van der Waals surface area contributed by atoms with E-state index in [1.54, 1.807) is 6.92 Å². The van der Waals surface area contributed by atoms with E-state index in [0.29, 0.717) is 37.0 Å². The maximum absolute atomic E-state index is 13.5. The van der Waals surface area contributed by atoms with Gasteiger partial charge < -0.3 is 0 Å². The lowest BCUT2D eigenvalue weighted by Gasteiger charge is -2.34. The van der Waals surface area contributed by atoms with Crippen LogP contribution in [-0.4, -0.2) is 19.5 Å². The number of Topliss-reactive ketones (excluding diaryl/α,β-unsaturated/α-hetero) is 1. The summed E-state index contributed by atoms with van der Waals surface area (Å²) in [5.74, 6) is -2.72. The second-order valence-electron chi connectivity index (χ2n) is 7.62. The predicted octanol–water partition coefficient (Wildman–Crippen LogP) is 5.51. The van der Waals surface area contributed by atoms with Crippen LogP contribution < -0.4 is 0 Å². The maximum atomic E-state index is 13.5. The van der Waals surface area contributed by atoms with E-state index in [-0.39, 0.29) is 22.8 Å². The molecular weight excluding hydrogens is 427 g/mol. The van der Waals surface area contributed by atoms with E-state index >= 15 is 0 Å². The highest BCUT2D eigenvalue weighted by atomic mass is 32.2. The molecule has 3 rings (SSSR count). The molecule has 1 saturated carbocycles. The number of alkyl halides is 3. The third-order valence-corrected chi connectivity index (χ3v) is 7.50. The van der Waals surface area contributed by atoms with Crippen LogP contribution in [0.1, 0.15) is 47.2 Å². The van der Waals surface area contributed by atoms with Crippen LogP contribution in [0.15, 0.2) is 41.3 Å². The fraction of sp³-hybridized carbons (Fsp3) is 0.381. The number of aryl methyl sites for hydroxylation is 1. The van der Waals surface area contributed by atoms with Crippen molar-refractivity contribution in [2.24, 2.45) is 5.92 Å². The van der Waals surface area contributed by atoms with Crippen LogP contribution in [0.2, 0.25) is 0 Å². The molecule has 0 N–H and O–H groups in total. The molecule has 30 heavy (non-hydrogen) atoms. The Bertz CT molecular complexity index is 1050. The van der Waals surface area contributed by atoms with E-state index in [1.807, 2.05) is 0 Å². The Labute approximate surface area is 170 Å². The molecule has 9 heteroatoms. The van der Waals surface area contributed by atoms with Crippen molar-refractivity contribution >= 4 is 15.6 Å². The van der Waals surface area contributed by atoms with Gasteiger partial charge in [-0.15, -0.1) is 0 Å². The van der Waals surface area contributed by atoms with Crippen LogP contribution in [0.4, 0.5) is 22.0 Å². The molecule has 0 spiro atoms. The van der Waals surface area contributed by atoms with E-state index < -0.39 is 44.2 Å². The van der Waals surface area contributed by atoms with Crippen molar-refractivity contribution < 1.29 is 35.2 Å². The minimum Gasteiger partial charge on any atom is -0.294 e. The third kappa shape index (κ3) is 4.71. The summed E-state index contributed by atoms with van der Waals surface area (Å²) in [6.07, 6.45) is -4.07. The number of rotatable bonds is 6. The van der Waals surface area contributed by atoms with Gasteiger partial charge in [0.1, 0.15) is 11.6 Å². The minimum absolute atomic E-state index is 0.0700. The van der Waals surface area contributed by atoms with Crippen molar-refractivity contribution in [1.82, 2.24) is 0 Å². The van der Waals surface area contributed by atoms with Gasteiger partial charge in [0.15, 0.2) is 15.6 Å². The molecule has 1 aliphatic rings. The van der Waals surface area contributed by atoms with E-state index in [1.165, 1.54) is 12.1 Å². The molecule has 0 radical (unpaired) electrons. The highest BCUT2D eigenvalue weighted by Gasteiger charge is 2.40. The fourth-order valence-corrected chi connectivity index (χ4v) is 5.68. The van der Waals surface area contributed by atoms with Crippen LogP contribution in [0.25, 0.3) is 0 Å². The molecular formula is C21H19F5O3S. The van der Waals surface area contributed by atoms with Crippen molar-refractivity contribution in [1.29, 1.82) is 0 Å². The summed E-state index contributed by atoms with van der Waals surface area (Å²) < 4.78 is 90.4. The molecule has 3 nitrogen and oxygen atoms in total. The van der Waals surface area contributed by atoms with Crippen LogP contribution in [0.5, 0.6) is 0 Å². The zero-order valence-electron chi connectivity index (χ0n) is 16.0. The van der Waals surface area contributed by atoms with Gasteiger partial charge in [0.25, 0.3) is 0 Å². The summed E-state index contributed by atoms with van der Waals surface area (Å²) in [5, 5.41) is -0.679. The Morgan fingerprint density at radius 2 is 1.73 bits per heavy atom. The molecule has 0 aromatic heterocycles. The SMILES string of the molecule is Cc1cc(F)cc(S(=O)(=O)C2CC(CCC(=O)c3ccc(F)c(C(F)(F)F)c3)C2)c1. The average Bonchev–Trinajstić information content (AvgIpc) is 2.58. The first-order valence-corrected chi connectivity index (χ1v) is 10.8. The van der Waals surface area contributed by atoms with Gasteiger partial charge in [-0.3, -0.25) is 4.79 Å². The molecule has 0 unspecified atom stereocenters. The Morgan fingerprint density at radius 3 is 2.33 bits per heavy atom. The number of ketones is 1. The zero-order valence-corrected chi connectivity index (χ0v) is 16.8. The second-order valence-corrected chi connectivity index (χ2v) is 9.85. The molecule has 0 bridgehead atoms. The van der Waals surface area contributed by atoms with Gasteiger partial charge in [0.05, 0.1) is 15.7 Å². The summed E-state index contributed by atoms with van der Waals surface area (Å²) in [4.78, 5) is 12.1. The number of sulfone groups is 1. The number of hydrogen-bond acceptors (Lipinski definition) is 3. The minimum atomic E-state index is -4.90. The van der Waals surface area contributed by atoms with Gasteiger partial charge in [-0.05, 0) is 74.1 Å². The van der Waals surface area contributed by atoms with E-state index in [2.05, 4.69) is 0 Å². The second kappa shape index (κ2) is 8.09. The molecule has 2 aromatic rings. The lowest BCUT2D eigenvalue weighted by molar-refractivity contribution is -0.140. The predicted molar refractivity (Wildman–Crippen MR) is 99.8 cm³/mol. The molecule has 0 saturated heterocycles. The quantitative estimate of drug-likeness (QED) is 0.435. The largest absolute Gasteiger partial charge is 0.419 e. The van der Waals surface area contributed by atoms with Crippen LogP contribution in [0.3, 0.4) is 0 Å². The normalized spacial score (nSPS) is 19.4. The monoisotopic (exact) mass is 446 g/mol. The van der Waals surface area contributed by atoms with E-state index in [9.17, 15) is 35.2 Å². The number of carbonyl (C=O) groups excluding carboxylic acids is 1. The topological polar surface area (TPSA) is 51.2 Å². The number of carbonyl (C=O) groups is 1. The zero-order chi connectivity index (χ0) is 22.3. The van der Waals surface area contributed by atoms with Crippen molar-refractivity contribution in [3.63, 3.8) is 0 Å². The first-order valence-electron chi connectivity index (χ1n) is 9.29. The van der Waals surface area contributed by atoms with Gasteiger partial charge in [-0.2, -0.15) is 13.2 Å². The molecule has 0 aliphatic heterocycles. The van der Waals surface area contributed by atoms with Gasteiger partial charge in [0.2, 0.25) is 0 Å². The Kier molecular flexibility index (Phi) is 6.04. The number of hydrogen-bond donors (Lipinski definition) is 0. The summed E-state index contributed by atoms with van der Waals surface area (Å²) in [6.45, 7) is 1.59. The Hall–Kier alpha value is -2.29. The number of benzene rings is 2. The van der Waals surface area contributed by atoms with Gasteiger partial charge in [-0.1, -0.05) is 0 Å². The molecule has 1 aliphatic carbocycles. The molecule has 0 amide bonds.